The molecule has 1 aliphatic heterocycles. The highest BCUT2D eigenvalue weighted by molar-refractivity contribution is 4.85. The Hall–Kier alpha value is -0.0800. The quantitative estimate of drug-likeness (QED) is 0.571. The second-order valence-electron chi connectivity index (χ2n) is 5.14. The van der Waals surface area contributed by atoms with E-state index in [4.69, 9.17) is 0 Å². The maximum absolute atomic E-state index is 2.59. The summed E-state index contributed by atoms with van der Waals surface area (Å²) in [6.07, 6.45) is 8.51. The van der Waals surface area contributed by atoms with Gasteiger partial charge in [0.1, 0.15) is 0 Å². The van der Waals surface area contributed by atoms with Crippen LogP contribution in [0.1, 0.15) is 45.4 Å². The number of unbranched alkanes of at least 4 members (excludes halogenated alkanes) is 5. The molecule has 2 nitrogen and oxygen atoms in total. The molecule has 0 N–H and O–H groups in total. The van der Waals surface area contributed by atoms with Crippen LogP contribution in [0.2, 0.25) is 0 Å². The van der Waals surface area contributed by atoms with Crippen LogP contribution < -0.4 is 0 Å². The number of likely N-dealkylation sites (tertiary alicyclic amines) is 1. The minimum atomic E-state index is 0.824. The van der Waals surface area contributed by atoms with Gasteiger partial charge in [0.25, 0.3) is 0 Å². The third-order valence-corrected chi connectivity index (χ3v) is 3.50. The van der Waals surface area contributed by atoms with Crippen LogP contribution in [-0.4, -0.2) is 49.6 Å². The molecule has 2 heteroatoms. The molecule has 0 aliphatic carbocycles. The highest BCUT2D eigenvalue weighted by Gasteiger charge is 2.26. The van der Waals surface area contributed by atoms with Crippen molar-refractivity contribution in [1.82, 2.24) is 9.80 Å². The SMILES string of the molecule is CCCCCCCCN1CC(N(C)C)C1. The van der Waals surface area contributed by atoms with Crippen LogP contribution in [0, 0.1) is 0 Å². The zero-order valence-corrected chi connectivity index (χ0v) is 10.8. The van der Waals surface area contributed by atoms with Gasteiger partial charge in [-0.25, -0.2) is 0 Å². The standard InChI is InChI=1S/C13H28N2/c1-4-5-6-7-8-9-10-15-11-13(12-15)14(2)3/h13H,4-12H2,1-3H3. The molecule has 0 aromatic rings. The smallest absolute Gasteiger partial charge is 0.0344 e. The first-order valence-corrected chi connectivity index (χ1v) is 6.62. The minimum Gasteiger partial charge on any atom is -0.304 e. The first kappa shape index (κ1) is 13.0. The summed E-state index contributed by atoms with van der Waals surface area (Å²) in [6.45, 7) is 6.20. The zero-order chi connectivity index (χ0) is 11.1. The van der Waals surface area contributed by atoms with E-state index in [0.29, 0.717) is 0 Å². The topological polar surface area (TPSA) is 6.48 Å². The van der Waals surface area contributed by atoms with E-state index < -0.39 is 0 Å². The molecule has 0 atom stereocenters. The van der Waals surface area contributed by atoms with Crippen molar-refractivity contribution in [1.29, 1.82) is 0 Å². The maximum atomic E-state index is 2.59. The third-order valence-electron chi connectivity index (χ3n) is 3.50. The van der Waals surface area contributed by atoms with Crippen LogP contribution in [0.4, 0.5) is 0 Å². The van der Waals surface area contributed by atoms with E-state index in [9.17, 15) is 0 Å². The maximum Gasteiger partial charge on any atom is 0.0344 e. The molecule has 0 aromatic heterocycles. The highest BCUT2D eigenvalue weighted by Crippen LogP contribution is 2.13. The second kappa shape index (κ2) is 7.24. The number of hydrogen-bond acceptors (Lipinski definition) is 2. The van der Waals surface area contributed by atoms with Crippen molar-refractivity contribution in [2.24, 2.45) is 0 Å². The molecule has 15 heavy (non-hydrogen) atoms. The van der Waals surface area contributed by atoms with Crippen molar-refractivity contribution in [2.75, 3.05) is 33.7 Å². The van der Waals surface area contributed by atoms with Gasteiger partial charge >= 0.3 is 0 Å². The Balaban J connectivity index is 1.82. The van der Waals surface area contributed by atoms with E-state index in [2.05, 4.69) is 30.8 Å². The average Bonchev–Trinajstić information content (AvgIpc) is 2.12. The Morgan fingerprint density at radius 2 is 1.60 bits per heavy atom. The summed E-state index contributed by atoms with van der Waals surface area (Å²) in [7, 11) is 4.37. The largest absolute Gasteiger partial charge is 0.304 e. The van der Waals surface area contributed by atoms with Crippen molar-refractivity contribution in [3.05, 3.63) is 0 Å². The fraction of sp³-hybridized carbons (Fsp3) is 1.00. The normalized spacial score (nSPS) is 18.4. The Labute approximate surface area is 95.6 Å². The van der Waals surface area contributed by atoms with Crippen LogP contribution in [-0.2, 0) is 0 Å². The van der Waals surface area contributed by atoms with Gasteiger partial charge in [0, 0.05) is 19.1 Å². The van der Waals surface area contributed by atoms with E-state index in [1.165, 1.54) is 58.2 Å². The average molecular weight is 212 g/mol. The summed E-state index contributed by atoms with van der Waals surface area (Å²) in [4.78, 5) is 4.93. The Morgan fingerprint density at radius 1 is 1.00 bits per heavy atom. The second-order valence-corrected chi connectivity index (χ2v) is 5.14. The molecule has 90 valence electrons. The summed E-state index contributed by atoms with van der Waals surface area (Å²) >= 11 is 0. The summed E-state index contributed by atoms with van der Waals surface area (Å²) in [5, 5.41) is 0. The number of likely N-dealkylation sites (N-methyl/N-ethyl adjacent to an activating group) is 1. The molecule has 1 saturated heterocycles. The van der Waals surface area contributed by atoms with Crippen LogP contribution in [0.5, 0.6) is 0 Å². The summed E-state index contributed by atoms with van der Waals surface area (Å²) in [6, 6.07) is 0.824. The Bertz CT molecular complexity index is 151. The number of nitrogens with zero attached hydrogens (tertiary/aromatic N) is 2. The first-order valence-electron chi connectivity index (χ1n) is 6.62. The van der Waals surface area contributed by atoms with Gasteiger partial charge in [0.2, 0.25) is 0 Å². The van der Waals surface area contributed by atoms with Gasteiger partial charge in [0.15, 0.2) is 0 Å². The molecule has 1 heterocycles. The van der Waals surface area contributed by atoms with Gasteiger partial charge in [-0.15, -0.1) is 0 Å². The van der Waals surface area contributed by atoms with Gasteiger partial charge in [0.05, 0.1) is 0 Å². The molecular weight excluding hydrogens is 184 g/mol. The van der Waals surface area contributed by atoms with Gasteiger partial charge < -0.3 is 9.80 Å². The van der Waals surface area contributed by atoms with Crippen LogP contribution in [0.25, 0.3) is 0 Å². The molecule has 0 bridgehead atoms. The monoisotopic (exact) mass is 212 g/mol. The molecule has 1 fully saturated rings. The van der Waals surface area contributed by atoms with Crippen LogP contribution >= 0.6 is 0 Å². The fourth-order valence-electron chi connectivity index (χ4n) is 2.17. The lowest BCUT2D eigenvalue weighted by Gasteiger charge is -2.42. The molecule has 0 spiro atoms. The number of rotatable bonds is 8. The molecule has 0 unspecified atom stereocenters. The van der Waals surface area contributed by atoms with Crippen molar-refractivity contribution in [3.8, 4) is 0 Å². The number of hydrogen-bond donors (Lipinski definition) is 0. The van der Waals surface area contributed by atoms with E-state index in [1.807, 2.05) is 0 Å². The van der Waals surface area contributed by atoms with Crippen LogP contribution in [0.15, 0.2) is 0 Å². The summed E-state index contributed by atoms with van der Waals surface area (Å²) < 4.78 is 0. The van der Waals surface area contributed by atoms with Crippen molar-refractivity contribution < 1.29 is 0 Å². The van der Waals surface area contributed by atoms with E-state index in [1.54, 1.807) is 0 Å². The predicted octanol–water partition coefficient (Wildman–Crippen LogP) is 2.59. The van der Waals surface area contributed by atoms with E-state index in [0.717, 1.165) is 6.04 Å². The lowest BCUT2D eigenvalue weighted by molar-refractivity contribution is 0.0623. The lowest BCUT2D eigenvalue weighted by Crippen LogP contribution is -2.57. The fourth-order valence-corrected chi connectivity index (χ4v) is 2.17. The molecule has 0 saturated carbocycles. The van der Waals surface area contributed by atoms with Gasteiger partial charge in [-0.2, -0.15) is 0 Å². The predicted molar refractivity (Wildman–Crippen MR) is 67.3 cm³/mol. The lowest BCUT2D eigenvalue weighted by atomic mass is 10.1. The minimum absolute atomic E-state index is 0.824. The molecular formula is C13H28N2. The molecule has 1 rings (SSSR count). The Kier molecular flexibility index (Phi) is 6.26. The van der Waals surface area contributed by atoms with Gasteiger partial charge in [-0.05, 0) is 27.1 Å². The molecule has 1 aliphatic rings. The van der Waals surface area contributed by atoms with Crippen LogP contribution in [0.3, 0.4) is 0 Å². The molecule has 0 radical (unpaired) electrons. The third kappa shape index (κ3) is 4.98. The van der Waals surface area contributed by atoms with Crippen molar-refractivity contribution in [2.45, 2.75) is 51.5 Å². The van der Waals surface area contributed by atoms with Gasteiger partial charge in [-0.1, -0.05) is 39.0 Å². The van der Waals surface area contributed by atoms with Crippen molar-refractivity contribution >= 4 is 0 Å². The molecule has 0 amide bonds. The first-order chi connectivity index (χ1) is 7.24. The highest BCUT2D eigenvalue weighted by atomic mass is 15.3. The van der Waals surface area contributed by atoms with Crippen molar-refractivity contribution in [3.63, 3.8) is 0 Å². The van der Waals surface area contributed by atoms with E-state index in [-0.39, 0.29) is 0 Å². The summed E-state index contributed by atoms with van der Waals surface area (Å²) in [5.74, 6) is 0. The van der Waals surface area contributed by atoms with Gasteiger partial charge in [-0.3, -0.25) is 0 Å². The summed E-state index contributed by atoms with van der Waals surface area (Å²) in [5.41, 5.74) is 0. The zero-order valence-electron chi connectivity index (χ0n) is 10.8. The van der Waals surface area contributed by atoms with E-state index >= 15 is 0 Å². The Morgan fingerprint density at radius 3 is 2.20 bits per heavy atom. The molecule has 0 aromatic carbocycles.